The summed E-state index contributed by atoms with van der Waals surface area (Å²) < 4.78 is 14.7. The zero-order valence-corrected chi connectivity index (χ0v) is 10.0. The van der Waals surface area contributed by atoms with Crippen molar-refractivity contribution in [1.29, 1.82) is 0 Å². The van der Waals surface area contributed by atoms with Crippen LogP contribution in [0.5, 0.6) is 0 Å². The first-order chi connectivity index (χ1) is 9.54. The molecule has 2 rings (SSSR count). The molecule has 0 aromatic carbocycles. The standard InChI is InChI=1S/C8H7N5O7/c1-4(14)17-2-5-9-11-7(19-5)8-12-10-6(20-8)3-18-13(15)16/h2-3H2,1H3. The monoisotopic (exact) mass is 285 g/mol. The highest BCUT2D eigenvalue weighted by molar-refractivity contribution is 5.65. The van der Waals surface area contributed by atoms with Crippen LogP contribution in [0.25, 0.3) is 11.8 Å². The molecule has 20 heavy (non-hydrogen) atoms. The molecule has 2 aromatic heterocycles. The van der Waals surface area contributed by atoms with Crippen molar-refractivity contribution in [2.75, 3.05) is 0 Å². The second-order valence-electron chi connectivity index (χ2n) is 3.28. The number of nitrogens with zero attached hydrogens (tertiary/aromatic N) is 5. The van der Waals surface area contributed by atoms with Crippen molar-refractivity contribution in [3.05, 3.63) is 21.9 Å². The minimum Gasteiger partial charge on any atom is -0.456 e. The first-order valence-electron chi connectivity index (χ1n) is 5.10. The average Bonchev–Trinajstić information content (AvgIpc) is 3.02. The Kier molecular flexibility index (Phi) is 3.83. The van der Waals surface area contributed by atoms with E-state index in [4.69, 9.17) is 8.83 Å². The Bertz CT molecular complexity index is 566. The van der Waals surface area contributed by atoms with E-state index in [9.17, 15) is 14.9 Å². The lowest BCUT2D eigenvalue weighted by Gasteiger charge is -1.94. The minimum absolute atomic E-state index is 0.0384. The third-order valence-corrected chi connectivity index (χ3v) is 1.81. The Morgan fingerprint density at radius 3 is 2.20 bits per heavy atom. The normalized spacial score (nSPS) is 10.2. The lowest BCUT2D eigenvalue weighted by molar-refractivity contribution is -0.763. The number of rotatable bonds is 6. The van der Waals surface area contributed by atoms with E-state index in [1.165, 1.54) is 6.92 Å². The van der Waals surface area contributed by atoms with Gasteiger partial charge in [0.05, 0.1) is 0 Å². The lowest BCUT2D eigenvalue weighted by atomic mass is 10.6. The van der Waals surface area contributed by atoms with Gasteiger partial charge < -0.3 is 18.4 Å². The van der Waals surface area contributed by atoms with E-state index >= 15 is 0 Å². The van der Waals surface area contributed by atoms with Crippen LogP contribution in [0.4, 0.5) is 0 Å². The molecule has 106 valence electrons. The predicted octanol–water partition coefficient (Wildman–Crippen LogP) is -0.109. The van der Waals surface area contributed by atoms with Crippen molar-refractivity contribution >= 4 is 5.97 Å². The van der Waals surface area contributed by atoms with Crippen molar-refractivity contribution < 1.29 is 28.3 Å². The third kappa shape index (κ3) is 3.47. The smallest absolute Gasteiger partial charge is 0.306 e. The number of carbonyl (C=O) groups excluding carboxylic acids is 1. The number of carbonyl (C=O) groups is 1. The summed E-state index contributed by atoms with van der Waals surface area (Å²) in [5, 5.41) is 23.2. The summed E-state index contributed by atoms with van der Waals surface area (Å²) in [6.45, 7) is 0.555. The Labute approximate surface area is 109 Å². The van der Waals surface area contributed by atoms with Crippen molar-refractivity contribution in [3.63, 3.8) is 0 Å². The molecule has 0 aliphatic carbocycles. The topological polar surface area (TPSA) is 157 Å². The van der Waals surface area contributed by atoms with E-state index in [0.29, 0.717) is 0 Å². The summed E-state index contributed by atoms with van der Waals surface area (Å²) in [7, 11) is 0. The fourth-order valence-corrected chi connectivity index (χ4v) is 1.07. The Balaban J connectivity index is 2.01. The van der Waals surface area contributed by atoms with Crippen molar-refractivity contribution in [2.24, 2.45) is 0 Å². The van der Waals surface area contributed by atoms with Crippen LogP contribution in [0.15, 0.2) is 8.83 Å². The number of esters is 1. The second-order valence-corrected chi connectivity index (χ2v) is 3.28. The van der Waals surface area contributed by atoms with Crippen LogP contribution in [-0.4, -0.2) is 31.5 Å². The highest BCUT2D eigenvalue weighted by Gasteiger charge is 2.17. The van der Waals surface area contributed by atoms with E-state index in [1.807, 2.05) is 0 Å². The van der Waals surface area contributed by atoms with Crippen LogP contribution in [0, 0.1) is 10.1 Å². The average molecular weight is 285 g/mol. The molecule has 2 aromatic rings. The molecule has 0 atom stereocenters. The molecular weight excluding hydrogens is 278 g/mol. The molecule has 12 heteroatoms. The van der Waals surface area contributed by atoms with Crippen LogP contribution < -0.4 is 0 Å². The van der Waals surface area contributed by atoms with Gasteiger partial charge >= 0.3 is 17.8 Å². The molecule has 0 aliphatic heterocycles. The van der Waals surface area contributed by atoms with Gasteiger partial charge in [-0.25, -0.2) is 0 Å². The fraction of sp³-hybridized carbons (Fsp3) is 0.375. The molecular formula is C8H7N5O7. The zero-order valence-electron chi connectivity index (χ0n) is 10.0. The van der Waals surface area contributed by atoms with Crippen molar-refractivity contribution in [1.82, 2.24) is 20.4 Å². The van der Waals surface area contributed by atoms with Gasteiger partial charge in [-0.3, -0.25) is 4.79 Å². The van der Waals surface area contributed by atoms with Gasteiger partial charge in [0.25, 0.3) is 11.0 Å². The highest BCUT2D eigenvalue weighted by Crippen LogP contribution is 2.16. The quantitative estimate of drug-likeness (QED) is 0.396. The van der Waals surface area contributed by atoms with E-state index in [2.05, 4.69) is 30.0 Å². The van der Waals surface area contributed by atoms with Crippen LogP contribution >= 0.6 is 0 Å². The number of ether oxygens (including phenoxy) is 1. The van der Waals surface area contributed by atoms with E-state index in [1.54, 1.807) is 0 Å². The molecule has 0 radical (unpaired) electrons. The summed E-state index contributed by atoms with van der Waals surface area (Å²) in [5.41, 5.74) is 0. The van der Waals surface area contributed by atoms with Crippen molar-refractivity contribution in [2.45, 2.75) is 20.1 Å². The van der Waals surface area contributed by atoms with Crippen LogP contribution in [0.3, 0.4) is 0 Å². The van der Waals surface area contributed by atoms with Gasteiger partial charge in [0.1, 0.15) is 0 Å². The van der Waals surface area contributed by atoms with Gasteiger partial charge in [0.2, 0.25) is 5.89 Å². The van der Waals surface area contributed by atoms with Gasteiger partial charge in [-0.2, -0.15) is 0 Å². The summed E-state index contributed by atoms with van der Waals surface area (Å²) >= 11 is 0. The molecule has 2 heterocycles. The van der Waals surface area contributed by atoms with E-state index in [-0.39, 0.29) is 30.2 Å². The summed E-state index contributed by atoms with van der Waals surface area (Å²) in [6.07, 6.45) is 0. The Hall–Kier alpha value is -3.05. The lowest BCUT2D eigenvalue weighted by Crippen LogP contribution is -2.00. The summed E-state index contributed by atoms with van der Waals surface area (Å²) in [6, 6.07) is 0. The van der Waals surface area contributed by atoms with Gasteiger partial charge in [0.15, 0.2) is 13.2 Å². The maximum absolute atomic E-state index is 10.6. The maximum atomic E-state index is 10.6. The van der Waals surface area contributed by atoms with Crippen LogP contribution in [-0.2, 0) is 27.6 Å². The second kappa shape index (κ2) is 5.73. The molecule has 0 spiro atoms. The van der Waals surface area contributed by atoms with E-state index < -0.39 is 17.7 Å². The first-order valence-corrected chi connectivity index (χ1v) is 5.10. The number of aromatic nitrogens is 4. The van der Waals surface area contributed by atoms with Gasteiger partial charge in [-0.15, -0.1) is 30.5 Å². The molecule has 0 aliphatic rings. The van der Waals surface area contributed by atoms with Crippen molar-refractivity contribution in [3.8, 4) is 11.8 Å². The molecule has 0 bridgehead atoms. The molecule has 0 saturated heterocycles. The first kappa shape index (κ1) is 13.4. The van der Waals surface area contributed by atoms with E-state index in [0.717, 1.165) is 0 Å². The van der Waals surface area contributed by atoms with Gasteiger partial charge in [0, 0.05) is 6.92 Å². The third-order valence-electron chi connectivity index (χ3n) is 1.81. The van der Waals surface area contributed by atoms with Gasteiger partial charge in [-0.1, -0.05) is 0 Å². The molecule has 12 nitrogen and oxygen atoms in total. The molecule has 0 N–H and O–H groups in total. The van der Waals surface area contributed by atoms with Gasteiger partial charge in [-0.05, 0) is 0 Å². The summed E-state index contributed by atoms with van der Waals surface area (Å²) in [5.74, 6) is -0.824. The number of hydrogen-bond donors (Lipinski definition) is 0. The Morgan fingerprint density at radius 2 is 1.70 bits per heavy atom. The highest BCUT2D eigenvalue weighted by atomic mass is 17.0. The van der Waals surface area contributed by atoms with Crippen LogP contribution in [0.1, 0.15) is 18.7 Å². The summed E-state index contributed by atoms with van der Waals surface area (Å²) in [4.78, 5) is 24.6. The van der Waals surface area contributed by atoms with Crippen LogP contribution in [0.2, 0.25) is 0 Å². The zero-order chi connectivity index (χ0) is 14.5. The largest absolute Gasteiger partial charge is 0.456 e. The molecule has 0 amide bonds. The molecule has 0 fully saturated rings. The predicted molar refractivity (Wildman–Crippen MR) is 54.8 cm³/mol. The molecule has 0 saturated carbocycles. The Morgan fingerprint density at radius 1 is 1.15 bits per heavy atom. The maximum Gasteiger partial charge on any atom is 0.306 e. The fourth-order valence-electron chi connectivity index (χ4n) is 1.07. The molecule has 0 unspecified atom stereocenters. The SMILES string of the molecule is CC(=O)OCc1nnc(-c2nnc(CO[N+](=O)[O-])o2)o1. The number of hydrogen-bond acceptors (Lipinski definition) is 11. The minimum atomic E-state index is -0.992.